The van der Waals surface area contributed by atoms with Crippen LogP contribution >= 0.6 is 11.6 Å². The van der Waals surface area contributed by atoms with Crippen LogP contribution in [-0.2, 0) is 6.42 Å². The van der Waals surface area contributed by atoms with Gasteiger partial charge in [-0.05, 0) is 18.2 Å². The number of aryl methyl sites for hydroxylation is 1. The van der Waals surface area contributed by atoms with Crippen molar-refractivity contribution in [1.82, 2.24) is 9.97 Å². The van der Waals surface area contributed by atoms with E-state index in [-0.39, 0.29) is 5.56 Å². The number of nitrogens with zero attached hydrogens (tertiary/aromatic N) is 3. The standard InChI is InChI=1S/C13H10ClFN4/c1-2-12-18-11(14)6-13(19-12)17-10-4-3-9(15)5-8(10)7-16/h3-6H,2H2,1H3,(H,17,18,19). The molecule has 0 saturated carbocycles. The molecule has 0 amide bonds. The van der Waals surface area contributed by atoms with Gasteiger partial charge < -0.3 is 5.32 Å². The summed E-state index contributed by atoms with van der Waals surface area (Å²) in [5.41, 5.74) is 0.675. The van der Waals surface area contributed by atoms with Crippen molar-refractivity contribution < 1.29 is 4.39 Å². The van der Waals surface area contributed by atoms with Crippen molar-refractivity contribution in [3.8, 4) is 6.07 Å². The summed E-state index contributed by atoms with van der Waals surface area (Å²) < 4.78 is 13.0. The molecule has 0 unspecified atom stereocenters. The average Bonchev–Trinajstić information content (AvgIpc) is 2.40. The number of anilines is 2. The van der Waals surface area contributed by atoms with Gasteiger partial charge >= 0.3 is 0 Å². The first-order valence-electron chi connectivity index (χ1n) is 5.62. The van der Waals surface area contributed by atoms with Crippen molar-refractivity contribution in [3.63, 3.8) is 0 Å². The highest BCUT2D eigenvalue weighted by molar-refractivity contribution is 6.29. The molecule has 0 saturated heterocycles. The number of hydrogen-bond donors (Lipinski definition) is 1. The van der Waals surface area contributed by atoms with Gasteiger partial charge in [0.15, 0.2) is 0 Å². The van der Waals surface area contributed by atoms with Gasteiger partial charge in [0, 0.05) is 12.5 Å². The van der Waals surface area contributed by atoms with Crippen LogP contribution in [0.15, 0.2) is 24.3 Å². The number of nitrogens with one attached hydrogen (secondary N) is 1. The predicted molar refractivity (Wildman–Crippen MR) is 70.8 cm³/mol. The van der Waals surface area contributed by atoms with Gasteiger partial charge in [-0.15, -0.1) is 0 Å². The van der Waals surface area contributed by atoms with Crippen molar-refractivity contribution in [1.29, 1.82) is 5.26 Å². The van der Waals surface area contributed by atoms with Crippen LogP contribution in [0.4, 0.5) is 15.9 Å². The van der Waals surface area contributed by atoms with Crippen LogP contribution in [0, 0.1) is 17.1 Å². The topological polar surface area (TPSA) is 61.6 Å². The lowest BCUT2D eigenvalue weighted by molar-refractivity contribution is 0.627. The lowest BCUT2D eigenvalue weighted by atomic mass is 10.2. The van der Waals surface area contributed by atoms with Crippen molar-refractivity contribution >= 4 is 23.1 Å². The summed E-state index contributed by atoms with van der Waals surface area (Å²) in [7, 11) is 0. The number of aromatic nitrogens is 2. The van der Waals surface area contributed by atoms with E-state index in [1.54, 1.807) is 6.07 Å². The van der Waals surface area contributed by atoms with E-state index in [4.69, 9.17) is 16.9 Å². The van der Waals surface area contributed by atoms with E-state index >= 15 is 0 Å². The van der Waals surface area contributed by atoms with Crippen molar-refractivity contribution in [3.05, 3.63) is 46.6 Å². The lowest BCUT2D eigenvalue weighted by Crippen LogP contribution is -2.01. The van der Waals surface area contributed by atoms with E-state index in [1.165, 1.54) is 12.1 Å². The van der Waals surface area contributed by atoms with Crippen LogP contribution in [0.25, 0.3) is 0 Å². The summed E-state index contributed by atoms with van der Waals surface area (Å²) in [6.07, 6.45) is 0.643. The first-order valence-corrected chi connectivity index (χ1v) is 6.00. The van der Waals surface area contributed by atoms with E-state index in [9.17, 15) is 4.39 Å². The molecule has 6 heteroatoms. The van der Waals surface area contributed by atoms with Gasteiger partial charge in [0.1, 0.15) is 28.7 Å². The number of halogens is 2. The molecule has 1 aromatic carbocycles. The maximum Gasteiger partial charge on any atom is 0.135 e. The summed E-state index contributed by atoms with van der Waals surface area (Å²) >= 11 is 5.88. The first kappa shape index (κ1) is 13.2. The predicted octanol–water partition coefficient (Wildman–Crippen LogP) is 3.45. The minimum atomic E-state index is -0.461. The second-order valence-corrected chi connectivity index (χ2v) is 4.16. The summed E-state index contributed by atoms with van der Waals surface area (Å²) in [4.78, 5) is 8.28. The van der Waals surface area contributed by atoms with Gasteiger partial charge in [0.05, 0.1) is 11.3 Å². The Morgan fingerprint density at radius 3 is 2.84 bits per heavy atom. The second kappa shape index (κ2) is 5.63. The molecule has 2 rings (SSSR count). The van der Waals surface area contributed by atoms with E-state index in [2.05, 4.69) is 15.3 Å². The SMILES string of the molecule is CCc1nc(Cl)cc(Nc2ccc(F)cc2C#N)n1. The lowest BCUT2D eigenvalue weighted by Gasteiger charge is -2.08. The summed E-state index contributed by atoms with van der Waals surface area (Å²) in [6, 6.07) is 7.38. The van der Waals surface area contributed by atoms with E-state index in [1.807, 2.05) is 13.0 Å². The summed E-state index contributed by atoms with van der Waals surface area (Å²) in [5.74, 6) is 0.604. The third kappa shape index (κ3) is 3.18. The maximum absolute atomic E-state index is 13.0. The normalized spacial score (nSPS) is 10.0. The Morgan fingerprint density at radius 1 is 1.37 bits per heavy atom. The number of benzene rings is 1. The van der Waals surface area contributed by atoms with Gasteiger partial charge in [0.25, 0.3) is 0 Å². The average molecular weight is 277 g/mol. The van der Waals surface area contributed by atoms with Crippen molar-refractivity contribution in [2.24, 2.45) is 0 Å². The molecule has 1 heterocycles. The summed E-state index contributed by atoms with van der Waals surface area (Å²) in [5, 5.41) is 12.2. The Labute approximate surface area is 114 Å². The minimum absolute atomic E-state index is 0.202. The fourth-order valence-corrected chi connectivity index (χ4v) is 1.74. The molecule has 19 heavy (non-hydrogen) atoms. The molecule has 0 aliphatic rings. The van der Waals surface area contributed by atoms with Gasteiger partial charge in [0.2, 0.25) is 0 Å². The Kier molecular flexibility index (Phi) is 3.93. The molecule has 0 bridgehead atoms. The molecule has 4 nitrogen and oxygen atoms in total. The van der Waals surface area contributed by atoms with Crippen LogP contribution in [0.5, 0.6) is 0 Å². The van der Waals surface area contributed by atoms with Crippen LogP contribution in [-0.4, -0.2) is 9.97 Å². The van der Waals surface area contributed by atoms with Crippen LogP contribution in [0.3, 0.4) is 0 Å². The second-order valence-electron chi connectivity index (χ2n) is 3.77. The molecule has 96 valence electrons. The molecule has 1 aromatic heterocycles. The van der Waals surface area contributed by atoms with Crippen LogP contribution in [0.2, 0.25) is 5.15 Å². The largest absolute Gasteiger partial charge is 0.339 e. The molecule has 0 spiro atoms. The number of nitriles is 1. The molecule has 0 radical (unpaired) electrons. The van der Waals surface area contributed by atoms with Gasteiger partial charge in [-0.25, -0.2) is 14.4 Å². The molecule has 1 N–H and O–H groups in total. The number of hydrogen-bond acceptors (Lipinski definition) is 4. The van der Waals surface area contributed by atoms with E-state index in [0.717, 1.165) is 6.07 Å². The highest BCUT2D eigenvalue weighted by atomic mass is 35.5. The molecular weight excluding hydrogens is 267 g/mol. The molecule has 0 atom stereocenters. The smallest absolute Gasteiger partial charge is 0.135 e. The zero-order chi connectivity index (χ0) is 13.8. The zero-order valence-corrected chi connectivity index (χ0v) is 10.9. The summed E-state index contributed by atoms with van der Waals surface area (Å²) in [6.45, 7) is 1.91. The van der Waals surface area contributed by atoms with Gasteiger partial charge in [-0.1, -0.05) is 18.5 Å². The van der Waals surface area contributed by atoms with Crippen LogP contribution in [0.1, 0.15) is 18.3 Å². The Morgan fingerprint density at radius 2 is 2.16 bits per heavy atom. The molecule has 0 aliphatic heterocycles. The Hall–Kier alpha value is -2.19. The van der Waals surface area contributed by atoms with Crippen molar-refractivity contribution in [2.45, 2.75) is 13.3 Å². The fourth-order valence-electron chi connectivity index (χ4n) is 1.54. The highest BCUT2D eigenvalue weighted by Crippen LogP contribution is 2.21. The van der Waals surface area contributed by atoms with E-state index < -0.39 is 5.82 Å². The molecular formula is C13H10ClFN4. The maximum atomic E-state index is 13.0. The molecule has 2 aromatic rings. The third-order valence-electron chi connectivity index (χ3n) is 2.42. The Balaban J connectivity index is 2.36. The molecule has 0 aliphatic carbocycles. The number of rotatable bonds is 3. The fraction of sp³-hybridized carbons (Fsp3) is 0.154. The van der Waals surface area contributed by atoms with Crippen molar-refractivity contribution in [2.75, 3.05) is 5.32 Å². The zero-order valence-electron chi connectivity index (χ0n) is 10.1. The first-order chi connectivity index (χ1) is 9.12. The minimum Gasteiger partial charge on any atom is -0.339 e. The van der Waals surface area contributed by atoms with Gasteiger partial charge in [-0.3, -0.25) is 0 Å². The Bertz CT molecular complexity index is 652. The van der Waals surface area contributed by atoms with Gasteiger partial charge in [-0.2, -0.15) is 5.26 Å². The van der Waals surface area contributed by atoms with Crippen LogP contribution < -0.4 is 5.32 Å². The van der Waals surface area contributed by atoms with E-state index in [0.29, 0.717) is 28.9 Å². The third-order valence-corrected chi connectivity index (χ3v) is 2.62. The monoisotopic (exact) mass is 276 g/mol. The quantitative estimate of drug-likeness (QED) is 0.872. The molecule has 0 fully saturated rings. The highest BCUT2D eigenvalue weighted by Gasteiger charge is 2.07.